The SMILES string of the molecule is Cc1cc(NC(=O)c2cncnc2)cc(B2OC(C)(C)C(C)(C)O2)c1. The standard InChI is InChI=1S/C18H22BN3O3/c1-12-6-14(19-24-17(2,3)18(4,5)25-19)8-15(7-12)22-16(23)13-9-20-11-21-10-13/h6-11H,1-5H3,(H,22,23). The average Bonchev–Trinajstić information content (AvgIpc) is 2.76. The molecule has 0 unspecified atom stereocenters. The van der Waals surface area contributed by atoms with Crippen LogP contribution in [0.4, 0.5) is 5.69 Å². The summed E-state index contributed by atoms with van der Waals surface area (Å²) >= 11 is 0. The van der Waals surface area contributed by atoms with Gasteiger partial charge in [0.15, 0.2) is 0 Å². The van der Waals surface area contributed by atoms with Crippen molar-refractivity contribution in [3.8, 4) is 0 Å². The number of nitrogens with one attached hydrogen (secondary N) is 1. The van der Waals surface area contributed by atoms with Gasteiger partial charge in [-0.3, -0.25) is 4.79 Å². The van der Waals surface area contributed by atoms with E-state index >= 15 is 0 Å². The van der Waals surface area contributed by atoms with E-state index in [-0.39, 0.29) is 5.91 Å². The van der Waals surface area contributed by atoms with Crippen molar-refractivity contribution in [1.82, 2.24) is 9.97 Å². The summed E-state index contributed by atoms with van der Waals surface area (Å²) in [5, 5.41) is 2.87. The van der Waals surface area contributed by atoms with Gasteiger partial charge in [0.05, 0.1) is 16.8 Å². The van der Waals surface area contributed by atoms with Gasteiger partial charge in [-0.25, -0.2) is 9.97 Å². The maximum absolute atomic E-state index is 12.3. The predicted molar refractivity (Wildman–Crippen MR) is 96.9 cm³/mol. The number of hydrogen-bond acceptors (Lipinski definition) is 5. The van der Waals surface area contributed by atoms with Gasteiger partial charge in [0.2, 0.25) is 0 Å². The molecule has 0 aliphatic carbocycles. The summed E-state index contributed by atoms with van der Waals surface area (Å²) in [4.78, 5) is 20.0. The number of carbonyl (C=O) groups is 1. The van der Waals surface area contributed by atoms with E-state index in [0.29, 0.717) is 11.3 Å². The van der Waals surface area contributed by atoms with E-state index < -0.39 is 18.3 Å². The molecule has 2 aromatic rings. The molecule has 1 aliphatic rings. The van der Waals surface area contributed by atoms with Crippen molar-refractivity contribution in [1.29, 1.82) is 0 Å². The third-order valence-corrected chi connectivity index (χ3v) is 4.71. The molecule has 3 rings (SSSR count). The Labute approximate surface area is 148 Å². The third kappa shape index (κ3) is 3.57. The maximum Gasteiger partial charge on any atom is 0.494 e. The number of carbonyl (C=O) groups excluding carboxylic acids is 1. The summed E-state index contributed by atoms with van der Waals surface area (Å²) in [7, 11) is -0.472. The average molecular weight is 339 g/mol. The van der Waals surface area contributed by atoms with E-state index in [0.717, 1.165) is 11.0 Å². The van der Waals surface area contributed by atoms with E-state index in [1.165, 1.54) is 18.7 Å². The molecule has 1 aromatic heterocycles. The highest BCUT2D eigenvalue weighted by Gasteiger charge is 2.51. The van der Waals surface area contributed by atoms with Gasteiger partial charge in [-0.05, 0) is 57.8 Å². The van der Waals surface area contributed by atoms with Crippen molar-refractivity contribution in [2.45, 2.75) is 45.8 Å². The Morgan fingerprint density at radius 1 is 1.04 bits per heavy atom. The summed E-state index contributed by atoms with van der Waals surface area (Å²) in [5.74, 6) is -0.258. The monoisotopic (exact) mass is 339 g/mol. The fraction of sp³-hybridized carbons (Fsp3) is 0.389. The molecule has 2 heterocycles. The van der Waals surface area contributed by atoms with Crippen LogP contribution in [0.1, 0.15) is 43.6 Å². The third-order valence-electron chi connectivity index (χ3n) is 4.71. The number of aryl methyl sites for hydroxylation is 1. The summed E-state index contributed by atoms with van der Waals surface area (Å²) in [6.07, 6.45) is 4.35. The zero-order valence-electron chi connectivity index (χ0n) is 15.2. The lowest BCUT2D eigenvalue weighted by Gasteiger charge is -2.32. The van der Waals surface area contributed by atoms with Gasteiger partial charge in [-0.2, -0.15) is 0 Å². The van der Waals surface area contributed by atoms with Gasteiger partial charge in [-0.1, -0.05) is 6.07 Å². The lowest BCUT2D eigenvalue weighted by atomic mass is 9.78. The molecule has 25 heavy (non-hydrogen) atoms. The van der Waals surface area contributed by atoms with E-state index in [1.807, 2.05) is 52.8 Å². The number of hydrogen-bond donors (Lipinski definition) is 1. The molecular formula is C18H22BN3O3. The smallest absolute Gasteiger partial charge is 0.399 e. The molecule has 1 saturated heterocycles. The van der Waals surface area contributed by atoms with Crippen molar-refractivity contribution >= 4 is 24.2 Å². The van der Waals surface area contributed by atoms with Crippen LogP contribution >= 0.6 is 0 Å². The Bertz CT molecular complexity index is 777. The summed E-state index contributed by atoms with van der Waals surface area (Å²) in [6.45, 7) is 10.0. The van der Waals surface area contributed by atoms with Crippen LogP contribution in [0.5, 0.6) is 0 Å². The largest absolute Gasteiger partial charge is 0.494 e. The van der Waals surface area contributed by atoms with Crippen LogP contribution < -0.4 is 10.8 Å². The molecule has 130 valence electrons. The highest BCUT2D eigenvalue weighted by atomic mass is 16.7. The van der Waals surface area contributed by atoms with Gasteiger partial charge in [0.1, 0.15) is 6.33 Å². The van der Waals surface area contributed by atoms with E-state index in [1.54, 1.807) is 0 Å². The first-order chi connectivity index (χ1) is 11.7. The normalized spacial score (nSPS) is 18.2. The number of anilines is 1. The van der Waals surface area contributed by atoms with Crippen molar-refractivity contribution in [2.24, 2.45) is 0 Å². The fourth-order valence-corrected chi connectivity index (χ4v) is 2.62. The van der Waals surface area contributed by atoms with Crippen LogP contribution in [-0.4, -0.2) is 34.2 Å². The molecular weight excluding hydrogens is 317 g/mol. The molecule has 1 aromatic carbocycles. The predicted octanol–water partition coefficient (Wildman–Crippen LogP) is 2.34. The molecule has 1 fully saturated rings. The minimum absolute atomic E-state index is 0.258. The van der Waals surface area contributed by atoms with Crippen LogP contribution in [-0.2, 0) is 9.31 Å². The zero-order valence-corrected chi connectivity index (χ0v) is 15.2. The summed E-state index contributed by atoms with van der Waals surface area (Å²) in [6, 6.07) is 5.77. The van der Waals surface area contributed by atoms with Gasteiger partial charge < -0.3 is 14.6 Å². The minimum Gasteiger partial charge on any atom is -0.399 e. The van der Waals surface area contributed by atoms with Crippen molar-refractivity contribution in [3.05, 3.63) is 48.0 Å². The summed E-state index contributed by atoms with van der Waals surface area (Å²) < 4.78 is 12.2. The molecule has 1 aliphatic heterocycles. The molecule has 7 heteroatoms. The van der Waals surface area contributed by atoms with E-state index in [4.69, 9.17) is 9.31 Å². The highest BCUT2D eigenvalue weighted by molar-refractivity contribution is 6.62. The minimum atomic E-state index is -0.472. The molecule has 1 amide bonds. The zero-order chi connectivity index (χ0) is 18.2. The molecule has 0 spiro atoms. The number of aromatic nitrogens is 2. The highest BCUT2D eigenvalue weighted by Crippen LogP contribution is 2.36. The van der Waals surface area contributed by atoms with Crippen LogP contribution in [0.15, 0.2) is 36.9 Å². The lowest BCUT2D eigenvalue weighted by Crippen LogP contribution is -2.41. The Hall–Kier alpha value is -2.25. The topological polar surface area (TPSA) is 73.3 Å². The quantitative estimate of drug-likeness (QED) is 0.869. The van der Waals surface area contributed by atoms with Crippen LogP contribution in [0.25, 0.3) is 0 Å². The number of rotatable bonds is 3. The van der Waals surface area contributed by atoms with Crippen molar-refractivity contribution < 1.29 is 14.1 Å². The molecule has 0 saturated carbocycles. The second-order valence-corrected chi connectivity index (χ2v) is 7.30. The first kappa shape index (κ1) is 17.6. The first-order valence-electron chi connectivity index (χ1n) is 8.21. The van der Waals surface area contributed by atoms with Crippen molar-refractivity contribution in [3.63, 3.8) is 0 Å². The van der Waals surface area contributed by atoms with Gasteiger partial charge >= 0.3 is 7.12 Å². The van der Waals surface area contributed by atoms with Crippen LogP contribution in [0, 0.1) is 6.92 Å². The van der Waals surface area contributed by atoms with E-state index in [2.05, 4.69) is 15.3 Å². The Kier molecular flexibility index (Phi) is 4.39. The van der Waals surface area contributed by atoms with Gasteiger partial charge in [0.25, 0.3) is 5.91 Å². The Morgan fingerprint density at radius 2 is 1.64 bits per heavy atom. The fourth-order valence-electron chi connectivity index (χ4n) is 2.62. The molecule has 0 bridgehead atoms. The van der Waals surface area contributed by atoms with Gasteiger partial charge in [-0.15, -0.1) is 0 Å². The Morgan fingerprint density at radius 3 is 2.24 bits per heavy atom. The van der Waals surface area contributed by atoms with Crippen molar-refractivity contribution in [2.75, 3.05) is 5.32 Å². The van der Waals surface area contributed by atoms with Crippen LogP contribution in [0.2, 0.25) is 0 Å². The maximum atomic E-state index is 12.3. The van der Waals surface area contributed by atoms with Gasteiger partial charge in [0, 0.05) is 18.1 Å². The Balaban J connectivity index is 1.83. The molecule has 6 nitrogen and oxygen atoms in total. The van der Waals surface area contributed by atoms with Crippen LogP contribution in [0.3, 0.4) is 0 Å². The second kappa shape index (κ2) is 6.24. The molecule has 0 atom stereocenters. The van der Waals surface area contributed by atoms with E-state index in [9.17, 15) is 4.79 Å². The first-order valence-corrected chi connectivity index (χ1v) is 8.21. The second-order valence-electron chi connectivity index (χ2n) is 7.30. The number of benzene rings is 1. The number of amides is 1. The molecule has 1 N–H and O–H groups in total. The number of nitrogens with zero attached hydrogens (tertiary/aromatic N) is 2. The molecule has 0 radical (unpaired) electrons. The summed E-state index contributed by atoms with van der Waals surface area (Å²) in [5.41, 5.74) is 2.14. The lowest BCUT2D eigenvalue weighted by molar-refractivity contribution is 0.00578.